The molecule has 0 spiro atoms. The Balaban J connectivity index is 4.21. The van der Waals surface area contributed by atoms with E-state index >= 15 is 0 Å². The zero-order chi connectivity index (χ0) is 48.6. The van der Waals surface area contributed by atoms with Crippen molar-refractivity contribution in [3.05, 3.63) is 60.8 Å². The molecular weight excluding hydrogens is 829 g/mol. The Labute approximate surface area is 415 Å². The lowest BCUT2D eigenvalue weighted by atomic mass is 10.1. The van der Waals surface area contributed by atoms with Crippen molar-refractivity contribution >= 4 is 17.9 Å². The van der Waals surface area contributed by atoms with Crippen LogP contribution in [0.4, 0.5) is 0 Å². The van der Waals surface area contributed by atoms with Gasteiger partial charge in [0, 0.05) is 19.3 Å². The Kier molecular flexibility index (Phi) is 53.3. The molecule has 388 valence electrons. The van der Waals surface area contributed by atoms with E-state index < -0.39 is 6.10 Å². The van der Waals surface area contributed by atoms with E-state index in [1.165, 1.54) is 154 Å². The zero-order valence-corrected chi connectivity index (χ0v) is 44.4. The maximum absolute atomic E-state index is 12.8. The molecule has 6 nitrogen and oxygen atoms in total. The summed E-state index contributed by atoms with van der Waals surface area (Å²) in [5.74, 6) is -0.893. The maximum Gasteiger partial charge on any atom is 0.306 e. The first-order valence-corrected chi connectivity index (χ1v) is 28.8. The van der Waals surface area contributed by atoms with E-state index in [2.05, 4.69) is 81.5 Å². The maximum atomic E-state index is 12.8. The zero-order valence-electron chi connectivity index (χ0n) is 44.4. The summed E-state index contributed by atoms with van der Waals surface area (Å²) in [5.41, 5.74) is 0. The average molecular weight is 938 g/mol. The first kappa shape index (κ1) is 64.1. The molecule has 67 heavy (non-hydrogen) atoms. The number of carbonyl (C=O) groups is 3. The topological polar surface area (TPSA) is 78.9 Å². The number of hydrogen-bond donors (Lipinski definition) is 0. The standard InChI is InChI=1S/C61H108O6/c1-4-7-10-13-16-19-21-23-25-27-28-29-30-31-32-33-34-35-37-38-40-42-45-48-51-54-60(63)66-57-58(56-65-59(62)53-50-47-44-18-15-12-9-6-3)67-61(64)55-52-49-46-43-41-39-36-26-24-22-20-17-14-11-8-5-2/h20-23,26-28,30-31,36,58H,4-19,24-25,29,32-35,37-57H2,1-3H3/b22-20-,23-21-,28-27-,31-30-,36-26-. The summed E-state index contributed by atoms with van der Waals surface area (Å²) in [7, 11) is 0. The molecule has 0 saturated heterocycles. The Morgan fingerprint density at radius 2 is 0.537 bits per heavy atom. The SMILES string of the molecule is CCCCCC/C=C\C/C=C\CCCCCCCC(=O)OC(COC(=O)CCCCCCCCCC)COC(=O)CCCCCCCCCCCC/C=C\C/C=C\C/C=C\CCCCCCC. The van der Waals surface area contributed by atoms with Crippen molar-refractivity contribution in [1.82, 2.24) is 0 Å². The van der Waals surface area contributed by atoms with E-state index in [-0.39, 0.29) is 31.1 Å². The highest BCUT2D eigenvalue weighted by Gasteiger charge is 2.19. The number of carbonyl (C=O) groups excluding carboxylic acids is 3. The van der Waals surface area contributed by atoms with Crippen LogP contribution in [0.3, 0.4) is 0 Å². The Morgan fingerprint density at radius 1 is 0.299 bits per heavy atom. The van der Waals surface area contributed by atoms with Gasteiger partial charge in [0.05, 0.1) is 0 Å². The van der Waals surface area contributed by atoms with Crippen molar-refractivity contribution < 1.29 is 28.6 Å². The van der Waals surface area contributed by atoms with Gasteiger partial charge in [0.15, 0.2) is 6.10 Å². The van der Waals surface area contributed by atoms with E-state index in [0.717, 1.165) is 96.3 Å². The fraction of sp³-hybridized carbons (Fsp3) is 0.787. The second kappa shape index (κ2) is 55.7. The van der Waals surface area contributed by atoms with Crippen LogP contribution in [0.2, 0.25) is 0 Å². The van der Waals surface area contributed by atoms with Crippen LogP contribution in [0.25, 0.3) is 0 Å². The smallest absolute Gasteiger partial charge is 0.306 e. The van der Waals surface area contributed by atoms with Crippen molar-refractivity contribution in [3.8, 4) is 0 Å². The summed E-state index contributed by atoms with van der Waals surface area (Å²) >= 11 is 0. The summed E-state index contributed by atoms with van der Waals surface area (Å²) in [6.45, 7) is 6.58. The minimum atomic E-state index is -0.780. The first-order valence-electron chi connectivity index (χ1n) is 28.8. The highest BCUT2D eigenvalue weighted by molar-refractivity contribution is 5.71. The highest BCUT2D eigenvalue weighted by atomic mass is 16.6. The van der Waals surface area contributed by atoms with Crippen LogP contribution >= 0.6 is 0 Å². The molecule has 6 heteroatoms. The molecule has 0 heterocycles. The molecule has 0 rings (SSSR count). The summed E-state index contributed by atoms with van der Waals surface area (Å²) in [5, 5.41) is 0. The molecule has 0 aromatic carbocycles. The molecule has 0 bridgehead atoms. The van der Waals surface area contributed by atoms with Gasteiger partial charge in [0.2, 0.25) is 0 Å². The Bertz CT molecular complexity index is 1210. The molecular formula is C61H108O6. The molecule has 0 fully saturated rings. The number of rotatable bonds is 52. The Morgan fingerprint density at radius 3 is 0.851 bits per heavy atom. The quantitative estimate of drug-likeness (QED) is 0.0262. The van der Waals surface area contributed by atoms with Crippen molar-refractivity contribution in [1.29, 1.82) is 0 Å². The van der Waals surface area contributed by atoms with Crippen LogP contribution in [0.15, 0.2) is 60.8 Å². The lowest BCUT2D eigenvalue weighted by Crippen LogP contribution is -2.30. The van der Waals surface area contributed by atoms with E-state index in [0.29, 0.717) is 19.3 Å². The van der Waals surface area contributed by atoms with Gasteiger partial charge in [-0.1, -0.05) is 242 Å². The number of hydrogen-bond acceptors (Lipinski definition) is 6. The molecule has 0 aliphatic heterocycles. The third-order valence-corrected chi connectivity index (χ3v) is 12.5. The second-order valence-corrected chi connectivity index (χ2v) is 19.2. The summed E-state index contributed by atoms with van der Waals surface area (Å²) in [6.07, 6.45) is 69.4. The molecule has 0 aliphatic rings. The van der Waals surface area contributed by atoms with Crippen LogP contribution in [0.1, 0.15) is 290 Å². The van der Waals surface area contributed by atoms with Gasteiger partial charge in [-0.3, -0.25) is 14.4 Å². The molecule has 0 aliphatic carbocycles. The number of ether oxygens (including phenoxy) is 3. The summed E-state index contributed by atoms with van der Waals surface area (Å²) in [4.78, 5) is 38.0. The van der Waals surface area contributed by atoms with Gasteiger partial charge in [-0.15, -0.1) is 0 Å². The van der Waals surface area contributed by atoms with Gasteiger partial charge in [-0.25, -0.2) is 0 Å². The van der Waals surface area contributed by atoms with Crippen LogP contribution < -0.4 is 0 Å². The normalized spacial score (nSPS) is 12.5. The number of unbranched alkanes of at least 4 members (excludes halogenated alkanes) is 31. The van der Waals surface area contributed by atoms with Crippen molar-refractivity contribution in [2.45, 2.75) is 297 Å². The first-order chi connectivity index (χ1) is 33.0. The van der Waals surface area contributed by atoms with Crippen molar-refractivity contribution in [3.63, 3.8) is 0 Å². The molecule has 1 unspecified atom stereocenters. The fourth-order valence-corrected chi connectivity index (χ4v) is 8.13. The number of esters is 3. The highest BCUT2D eigenvalue weighted by Crippen LogP contribution is 2.15. The Hall–Kier alpha value is -2.89. The molecule has 0 saturated carbocycles. The van der Waals surface area contributed by atoms with E-state index in [1.54, 1.807) is 0 Å². The number of allylic oxidation sites excluding steroid dienone is 10. The summed E-state index contributed by atoms with van der Waals surface area (Å²) in [6, 6.07) is 0. The van der Waals surface area contributed by atoms with E-state index in [4.69, 9.17) is 14.2 Å². The molecule has 1 atom stereocenters. The molecule has 0 aromatic rings. The van der Waals surface area contributed by atoms with Crippen molar-refractivity contribution in [2.24, 2.45) is 0 Å². The minimum absolute atomic E-state index is 0.0795. The minimum Gasteiger partial charge on any atom is -0.462 e. The average Bonchev–Trinajstić information content (AvgIpc) is 3.33. The van der Waals surface area contributed by atoms with Crippen LogP contribution in [0.5, 0.6) is 0 Å². The van der Waals surface area contributed by atoms with Gasteiger partial charge < -0.3 is 14.2 Å². The molecule has 0 N–H and O–H groups in total. The van der Waals surface area contributed by atoms with Crippen LogP contribution in [-0.2, 0) is 28.6 Å². The fourth-order valence-electron chi connectivity index (χ4n) is 8.13. The largest absolute Gasteiger partial charge is 0.462 e. The van der Waals surface area contributed by atoms with Crippen LogP contribution in [0, 0.1) is 0 Å². The van der Waals surface area contributed by atoms with Gasteiger partial charge in [-0.05, 0) is 89.9 Å². The van der Waals surface area contributed by atoms with Gasteiger partial charge in [0.25, 0.3) is 0 Å². The lowest BCUT2D eigenvalue weighted by Gasteiger charge is -2.18. The molecule has 0 amide bonds. The lowest BCUT2D eigenvalue weighted by molar-refractivity contribution is -0.167. The van der Waals surface area contributed by atoms with Gasteiger partial charge in [-0.2, -0.15) is 0 Å². The second-order valence-electron chi connectivity index (χ2n) is 19.2. The third-order valence-electron chi connectivity index (χ3n) is 12.5. The van der Waals surface area contributed by atoms with Crippen LogP contribution in [-0.4, -0.2) is 37.2 Å². The van der Waals surface area contributed by atoms with E-state index in [1.807, 2.05) is 0 Å². The monoisotopic (exact) mass is 937 g/mol. The van der Waals surface area contributed by atoms with Crippen molar-refractivity contribution in [2.75, 3.05) is 13.2 Å². The van der Waals surface area contributed by atoms with Gasteiger partial charge >= 0.3 is 17.9 Å². The predicted octanol–water partition coefficient (Wildman–Crippen LogP) is 19.2. The van der Waals surface area contributed by atoms with Gasteiger partial charge in [0.1, 0.15) is 13.2 Å². The molecule has 0 radical (unpaired) electrons. The molecule has 0 aromatic heterocycles. The summed E-state index contributed by atoms with van der Waals surface area (Å²) < 4.78 is 16.8. The third kappa shape index (κ3) is 53.9. The van der Waals surface area contributed by atoms with E-state index in [9.17, 15) is 14.4 Å². The predicted molar refractivity (Wildman–Crippen MR) is 288 cm³/mol.